The van der Waals surface area contributed by atoms with Gasteiger partial charge < -0.3 is 10.4 Å². The van der Waals surface area contributed by atoms with E-state index in [1.165, 1.54) is 0 Å². The van der Waals surface area contributed by atoms with Gasteiger partial charge in [-0.3, -0.25) is 0 Å². The van der Waals surface area contributed by atoms with E-state index in [4.69, 9.17) is 16.7 Å². The van der Waals surface area contributed by atoms with Crippen molar-refractivity contribution < 1.29 is 5.11 Å². The van der Waals surface area contributed by atoms with Crippen LogP contribution in [0.4, 0.5) is 0 Å². The maximum absolute atomic E-state index is 8.46. The lowest BCUT2D eigenvalue weighted by atomic mass is 10.3. The Hall–Kier alpha value is -0.0500. The number of aliphatic hydroxyl groups is 1. The van der Waals surface area contributed by atoms with Crippen LogP contribution in [0.15, 0.2) is 11.1 Å². The Kier molecular flexibility index (Phi) is 8.01. The minimum atomic E-state index is 0.284. The summed E-state index contributed by atoms with van der Waals surface area (Å²) in [5.74, 6) is 0. The van der Waals surface area contributed by atoms with Gasteiger partial charge in [-0.25, -0.2) is 0 Å². The Morgan fingerprint density at radius 1 is 1.55 bits per heavy atom. The number of hydrogen-bond acceptors (Lipinski definition) is 2. The molecule has 3 heteroatoms. The molecule has 0 unspecified atom stereocenters. The summed E-state index contributed by atoms with van der Waals surface area (Å²) >= 11 is 5.45. The third kappa shape index (κ3) is 7.85. The summed E-state index contributed by atoms with van der Waals surface area (Å²) in [5, 5.41) is 11.7. The molecule has 0 fully saturated rings. The normalized spacial score (nSPS) is 12.1. The number of halogens is 1. The third-order valence-corrected chi connectivity index (χ3v) is 1.72. The maximum atomic E-state index is 8.46. The maximum Gasteiger partial charge on any atom is 0.0431 e. The smallest absolute Gasteiger partial charge is 0.0431 e. The van der Waals surface area contributed by atoms with Crippen molar-refractivity contribution in [1.82, 2.24) is 5.32 Å². The molecule has 0 aromatic heterocycles. The summed E-state index contributed by atoms with van der Waals surface area (Å²) < 4.78 is 0. The summed E-state index contributed by atoms with van der Waals surface area (Å²) in [5.41, 5.74) is 2.72. The fraction of sp³-hybridized carbons (Fsp3) is 0.750. The molecule has 0 atom stereocenters. The Balaban J connectivity index is 3.02. The van der Waals surface area contributed by atoms with E-state index in [1.54, 1.807) is 5.54 Å². The highest BCUT2D eigenvalue weighted by atomic mass is 35.5. The lowest BCUT2D eigenvalue weighted by Gasteiger charge is -2.02. The molecule has 0 aliphatic heterocycles. The highest BCUT2D eigenvalue weighted by Gasteiger charge is 1.88. The molecule has 0 heterocycles. The average molecular weight is 178 g/mol. The van der Waals surface area contributed by atoms with E-state index in [0.29, 0.717) is 0 Å². The van der Waals surface area contributed by atoms with Gasteiger partial charge in [0.25, 0.3) is 0 Å². The highest BCUT2D eigenvalue weighted by Crippen LogP contribution is 1.92. The number of hydrogen-bond donors (Lipinski definition) is 2. The van der Waals surface area contributed by atoms with Crippen LogP contribution < -0.4 is 5.32 Å². The third-order valence-electron chi connectivity index (χ3n) is 1.35. The van der Waals surface area contributed by atoms with Crippen molar-refractivity contribution in [3.63, 3.8) is 0 Å². The summed E-state index contributed by atoms with van der Waals surface area (Å²) in [6, 6.07) is 0. The van der Waals surface area contributed by atoms with Crippen LogP contribution in [0.25, 0.3) is 0 Å². The zero-order chi connectivity index (χ0) is 8.53. The van der Waals surface area contributed by atoms with Gasteiger partial charge in [-0.2, -0.15) is 0 Å². The summed E-state index contributed by atoms with van der Waals surface area (Å²) in [4.78, 5) is 0. The molecule has 0 saturated carbocycles. The van der Waals surface area contributed by atoms with E-state index >= 15 is 0 Å². The Bertz CT molecular complexity index is 115. The molecule has 11 heavy (non-hydrogen) atoms. The molecule has 2 N–H and O–H groups in total. The monoisotopic (exact) mass is 177 g/mol. The van der Waals surface area contributed by atoms with Crippen molar-refractivity contribution in [2.24, 2.45) is 0 Å². The van der Waals surface area contributed by atoms with Gasteiger partial charge in [0.1, 0.15) is 0 Å². The van der Waals surface area contributed by atoms with Crippen LogP contribution in [0.2, 0.25) is 0 Å². The van der Waals surface area contributed by atoms with Crippen molar-refractivity contribution >= 4 is 11.6 Å². The van der Waals surface area contributed by atoms with E-state index in [1.807, 2.05) is 6.92 Å². The van der Waals surface area contributed by atoms with Crippen molar-refractivity contribution in [2.45, 2.75) is 19.8 Å². The van der Waals surface area contributed by atoms with Gasteiger partial charge in [0.2, 0.25) is 0 Å². The first-order valence-electron chi connectivity index (χ1n) is 3.88. The van der Waals surface area contributed by atoms with E-state index in [0.717, 1.165) is 31.5 Å². The largest absolute Gasteiger partial charge is 0.396 e. The fourth-order valence-electron chi connectivity index (χ4n) is 0.686. The second-order valence-electron chi connectivity index (χ2n) is 2.56. The molecule has 0 aromatic carbocycles. The first-order valence-corrected chi connectivity index (χ1v) is 4.32. The van der Waals surface area contributed by atoms with Crippen molar-refractivity contribution in [1.29, 1.82) is 0 Å². The Morgan fingerprint density at radius 2 is 2.27 bits per heavy atom. The average Bonchev–Trinajstić information content (AvgIpc) is 2.04. The van der Waals surface area contributed by atoms with Crippen molar-refractivity contribution in [3.05, 3.63) is 11.1 Å². The first-order chi connectivity index (χ1) is 5.31. The van der Waals surface area contributed by atoms with Crippen LogP contribution in [0, 0.1) is 0 Å². The van der Waals surface area contributed by atoms with Crippen LogP contribution >= 0.6 is 11.6 Å². The molecule has 0 rings (SSSR count). The minimum Gasteiger partial charge on any atom is -0.396 e. The fourth-order valence-corrected chi connectivity index (χ4v) is 0.763. The van der Waals surface area contributed by atoms with E-state index in [9.17, 15) is 0 Å². The quantitative estimate of drug-likeness (QED) is 0.603. The van der Waals surface area contributed by atoms with Gasteiger partial charge in [-0.1, -0.05) is 11.6 Å². The van der Waals surface area contributed by atoms with Gasteiger partial charge in [0, 0.05) is 18.7 Å². The SMILES string of the molecule is CC(=CCl)CNCCCCO. The molecule has 0 bridgehead atoms. The number of aliphatic hydroxyl groups excluding tert-OH is 1. The van der Waals surface area contributed by atoms with Gasteiger partial charge >= 0.3 is 0 Å². The predicted octanol–water partition coefficient (Wildman–Crippen LogP) is 1.49. The molecular formula is C8H16ClNO. The second-order valence-corrected chi connectivity index (χ2v) is 2.78. The molecule has 0 spiro atoms. The lowest BCUT2D eigenvalue weighted by Crippen LogP contribution is -2.17. The zero-order valence-corrected chi connectivity index (χ0v) is 7.69. The van der Waals surface area contributed by atoms with Crippen molar-refractivity contribution in [3.8, 4) is 0 Å². The minimum absolute atomic E-state index is 0.284. The van der Waals surface area contributed by atoms with Crippen LogP contribution in [0.5, 0.6) is 0 Å². The topological polar surface area (TPSA) is 32.3 Å². The lowest BCUT2D eigenvalue weighted by molar-refractivity contribution is 0.284. The molecule has 0 aromatic rings. The highest BCUT2D eigenvalue weighted by molar-refractivity contribution is 6.25. The van der Waals surface area contributed by atoms with Crippen LogP contribution in [0.1, 0.15) is 19.8 Å². The van der Waals surface area contributed by atoms with Crippen LogP contribution in [-0.4, -0.2) is 24.8 Å². The van der Waals surface area contributed by atoms with Crippen LogP contribution in [0.3, 0.4) is 0 Å². The van der Waals surface area contributed by atoms with Gasteiger partial charge in [-0.15, -0.1) is 0 Å². The van der Waals surface area contributed by atoms with Gasteiger partial charge in [0.05, 0.1) is 0 Å². The Labute approximate surface area is 73.3 Å². The number of rotatable bonds is 6. The number of nitrogens with one attached hydrogen (secondary N) is 1. The Morgan fingerprint density at radius 3 is 2.82 bits per heavy atom. The van der Waals surface area contributed by atoms with E-state index in [-0.39, 0.29) is 6.61 Å². The zero-order valence-electron chi connectivity index (χ0n) is 6.94. The molecule has 0 aliphatic rings. The first kappa shape index (κ1) is 11.0. The summed E-state index contributed by atoms with van der Waals surface area (Å²) in [6.45, 7) is 4.05. The molecule has 0 aliphatic carbocycles. The molecule has 2 nitrogen and oxygen atoms in total. The summed E-state index contributed by atoms with van der Waals surface area (Å²) in [7, 11) is 0. The van der Waals surface area contributed by atoms with Gasteiger partial charge in [0.15, 0.2) is 0 Å². The molecule has 66 valence electrons. The van der Waals surface area contributed by atoms with Gasteiger partial charge in [-0.05, 0) is 31.9 Å². The van der Waals surface area contributed by atoms with Crippen LogP contribution in [-0.2, 0) is 0 Å². The molecule has 0 radical (unpaired) electrons. The van der Waals surface area contributed by atoms with Crippen molar-refractivity contribution in [2.75, 3.05) is 19.7 Å². The molecule has 0 amide bonds. The molecule has 0 saturated heterocycles. The molecular weight excluding hydrogens is 162 g/mol. The second kappa shape index (κ2) is 8.05. The van der Waals surface area contributed by atoms with E-state index < -0.39 is 0 Å². The summed E-state index contributed by atoms with van der Waals surface area (Å²) in [6.07, 6.45) is 1.89. The standard InChI is InChI=1S/C8H16ClNO/c1-8(6-9)7-10-4-2-3-5-11/h6,10-11H,2-5,7H2,1H3. The predicted molar refractivity (Wildman–Crippen MR) is 48.8 cm³/mol. The van der Waals surface area contributed by atoms with E-state index in [2.05, 4.69) is 5.32 Å². The number of unbranched alkanes of at least 4 members (excludes halogenated alkanes) is 1.